The van der Waals surface area contributed by atoms with Crippen LogP contribution in [0.2, 0.25) is 0 Å². The number of rotatable bonds is 3. The topological polar surface area (TPSA) is 62.2 Å². The van der Waals surface area contributed by atoms with Gasteiger partial charge in [-0.2, -0.15) is 0 Å². The van der Waals surface area contributed by atoms with Gasteiger partial charge in [0.25, 0.3) is 5.91 Å². The van der Waals surface area contributed by atoms with Crippen LogP contribution < -0.4 is 5.32 Å². The van der Waals surface area contributed by atoms with Gasteiger partial charge in [0.1, 0.15) is 5.69 Å². The van der Waals surface area contributed by atoms with E-state index in [0.717, 1.165) is 16.8 Å². The zero-order valence-electron chi connectivity index (χ0n) is 11.8. The highest BCUT2D eigenvalue weighted by Gasteiger charge is 2.07. The van der Waals surface area contributed by atoms with Crippen LogP contribution in [0.5, 0.6) is 0 Å². The minimum atomic E-state index is -0.256. The van der Waals surface area contributed by atoms with Crippen molar-refractivity contribution in [3.8, 4) is 11.8 Å². The molecule has 0 unspecified atom stereocenters. The number of aryl methyl sites for hydroxylation is 1. The highest BCUT2D eigenvalue weighted by Crippen LogP contribution is 2.10. The van der Waals surface area contributed by atoms with Crippen molar-refractivity contribution in [3.63, 3.8) is 0 Å². The molecular weight excluding hydrogens is 264 g/mol. The molecule has 4 nitrogen and oxygen atoms in total. The van der Waals surface area contributed by atoms with Gasteiger partial charge in [0.05, 0.1) is 6.61 Å². The summed E-state index contributed by atoms with van der Waals surface area (Å²) in [6, 6.07) is 10.9. The normalized spacial score (nSPS) is 9.62. The van der Waals surface area contributed by atoms with Crippen LogP contribution in [0.15, 0.2) is 42.6 Å². The number of benzene rings is 1. The van der Waals surface area contributed by atoms with Gasteiger partial charge in [-0.15, -0.1) is 0 Å². The molecule has 0 saturated carbocycles. The number of anilines is 1. The van der Waals surface area contributed by atoms with E-state index in [2.05, 4.69) is 22.1 Å². The van der Waals surface area contributed by atoms with E-state index in [-0.39, 0.29) is 12.5 Å². The van der Waals surface area contributed by atoms with Gasteiger partial charge in [-0.1, -0.05) is 29.5 Å². The standard InChI is InChI=1S/C17H16N2O2/c1-13-5-8-15(9-6-13)19-17(21)16-10-7-14(12-18-16)4-2-3-11-20/h5-10,12,20H,3,11H2,1H3,(H,19,21). The Kier molecular flexibility index (Phi) is 5.08. The smallest absolute Gasteiger partial charge is 0.274 e. The second-order valence-corrected chi connectivity index (χ2v) is 4.53. The highest BCUT2D eigenvalue weighted by molar-refractivity contribution is 6.02. The van der Waals surface area contributed by atoms with Crippen molar-refractivity contribution in [2.75, 3.05) is 11.9 Å². The first-order valence-electron chi connectivity index (χ1n) is 6.63. The molecule has 2 aromatic rings. The molecule has 0 saturated heterocycles. The molecule has 1 aromatic carbocycles. The number of aliphatic hydroxyl groups excluding tert-OH is 1. The molecule has 0 atom stereocenters. The fraction of sp³-hybridized carbons (Fsp3) is 0.176. The molecule has 2 N–H and O–H groups in total. The third kappa shape index (κ3) is 4.44. The lowest BCUT2D eigenvalue weighted by atomic mass is 10.2. The van der Waals surface area contributed by atoms with Crippen molar-refractivity contribution in [2.24, 2.45) is 0 Å². The number of pyridine rings is 1. The molecule has 2 rings (SSSR count). The molecule has 0 aliphatic carbocycles. The van der Waals surface area contributed by atoms with Gasteiger partial charge in [-0.3, -0.25) is 4.79 Å². The summed E-state index contributed by atoms with van der Waals surface area (Å²) >= 11 is 0. The minimum Gasteiger partial charge on any atom is -0.395 e. The molecule has 0 bridgehead atoms. The Hall–Kier alpha value is -2.64. The minimum absolute atomic E-state index is 0.0392. The van der Waals surface area contributed by atoms with Crippen molar-refractivity contribution in [1.29, 1.82) is 0 Å². The number of carbonyl (C=O) groups is 1. The fourth-order valence-electron chi connectivity index (χ4n) is 1.65. The number of carbonyl (C=O) groups excluding carboxylic acids is 1. The number of nitrogens with zero attached hydrogens (tertiary/aromatic N) is 1. The second-order valence-electron chi connectivity index (χ2n) is 4.53. The van der Waals surface area contributed by atoms with Crippen LogP contribution in [0.1, 0.15) is 28.0 Å². The van der Waals surface area contributed by atoms with E-state index in [1.54, 1.807) is 18.3 Å². The van der Waals surface area contributed by atoms with Gasteiger partial charge in [0, 0.05) is 23.9 Å². The molecular formula is C17H16N2O2. The Morgan fingerprint density at radius 2 is 2.00 bits per heavy atom. The van der Waals surface area contributed by atoms with Gasteiger partial charge in [-0.05, 0) is 31.2 Å². The van der Waals surface area contributed by atoms with E-state index in [1.807, 2.05) is 31.2 Å². The largest absolute Gasteiger partial charge is 0.395 e. The summed E-state index contributed by atoms with van der Waals surface area (Å²) in [6.07, 6.45) is 1.98. The highest BCUT2D eigenvalue weighted by atomic mass is 16.2. The first-order chi connectivity index (χ1) is 10.2. The third-order valence-corrected chi connectivity index (χ3v) is 2.78. The average Bonchev–Trinajstić information content (AvgIpc) is 2.50. The molecule has 0 spiro atoms. The summed E-state index contributed by atoms with van der Waals surface area (Å²) in [4.78, 5) is 16.1. The zero-order chi connectivity index (χ0) is 15.1. The number of hydrogen-bond acceptors (Lipinski definition) is 3. The van der Waals surface area contributed by atoms with Crippen LogP contribution in [-0.2, 0) is 0 Å². The quantitative estimate of drug-likeness (QED) is 0.849. The molecule has 1 aromatic heterocycles. The van der Waals surface area contributed by atoms with E-state index in [0.29, 0.717) is 12.1 Å². The maximum Gasteiger partial charge on any atom is 0.274 e. The number of amides is 1. The van der Waals surface area contributed by atoms with Gasteiger partial charge in [0.2, 0.25) is 0 Å². The maximum absolute atomic E-state index is 12.0. The van der Waals surface area contributed by atoms with Crippen LogP contribution in [-0.4, -0.2) is 22.6 Å². The van der Waals surface area contributed by atoms with E-state index < -0.39 is 0 Å². The molecule has 4 heteroatoms. The number of aromatic nitrogens is 1. The van der Waals surface area contributed by atoms with Crippen molar-refractivity contribution < 1.29 is 9.90 Å². The Bertz CT molecular complexity index is 665. The van der Waals surface area contributed by atoms with E-state index >= 15 is 0 Å². The first-order valence-corrected chi connectivity index (χ1v) is 6.63. The lowest BCUT2D eigenvalue weighted by molar-refractivity contribution is 0.102. The SMILES string of the molecule is Cc1ccc(NC(=O)c2ccc(C#CCCO)cn2)cc1. The summed E-state index contributed by atoms with van der Waals surface area (Å²) in [5, 5.41) is 11.4. The maximum atomic E-state index is 12.0. The van der Waals surface area contributed by atoms with E-state index in [4.69, 9.17) is 5.11 Å². The third-order valence-electron chi connectivity index (χ3n) is 2.78. The van der Waals surface area contributed by atoms with Crippen molar-refractivity contribution in [2.45, 2.75) is 13.3 Å². The van der Waals surface area contributed by atoms with E-state index in [1.165, 1.54) is 0 Å². The number of hydrogen-bond donors (Lipinski definition) is 2. The monoisotopic (exact) mass is 280 g/mol. The Morgan fingerprint density at radius 1 is 1.24 bits per heavy atom. The Labute approximate surface area is 123 Å². The lowest BCUT2D eigenvalue weighted by Gasteiger charge is -2.04. The first kappa shape index (κ1) is 14.8. The van der Waals surface area contributed by atoms with E-state index in [9.17, 15) is 4.79 Å². The predicted octanol–water partition coefficient (Wildman–Crippen LogP) is 2.38. The summed E-state index contributed by atoms with van der Waals surface area (Å²) < 4.78 is 0. The lowest BCUT2D eigenvalue weighted by Crippen LogP contribution is -2.13. The second kappa shape index (κ2) is 7.22. The summed E-state index contributed by atoms with van der Waals surface area (Å²) in [7, 11) is 0. The molecule has 21 heavy (non-hydrogen) atoms. The van der Waals surface area contributed by atoms with Gasteiger partial charge >= 0.3 is 0 Å². The van der Waals surface area contributed by atoms with Gasteiger partial charge in [0.15, 0.2) is 0 Å². The Morgan fingerprint density at radius 3 is 2.62 bits per heavy atom. The molecule has 1 heterocycles. The number of nitrogens with one attached hydrogen (secondary N) is 1. The van der Waals surface area contributed by atoms with Crippen LogP contribution in [0.3, 0.4) is 0 Å². The molecule has 1 amide bonds. The molecule has 0 fully saturated rings. The van der Waals surface area contributed by atoms with Crippen molar-refractivity contribution in [3.05, 3.63) is 59.4 Å². The van der Waals surface area contributed by atoms with Crippen LogP contribution in [0, 0.1) is 18.8 Å². The molecule has 0 radical (unpaired) electrons. The predicted molar refractivity (Wildman–Crippen MR) is 82.0 cm³/mol. The molecule has 0 aliphatic rings. The average molecular weight is 280 g/mol. The molecule has 0 aliphatic heterocycles. The van der Waals surface area contributed by atoms with Crippen LogP contribution in [0.4, 0.5) is 5.69 Å². The van der Waals surface area contributed by atoms with Gasteiger partial charge < -0.3 is 10.4 Å². The van der Waals surface area contributed by atoms with Crippen molar-refractivity contribution >= 4 is 11.6 Å². The number of aliphatic hydroxyl groups is 1. The molecule has 106 valence electrons. The van der Waals surface area contributed by atoms with Crippen LogP contribution >= 0.6 is 0 Å². The summed E-state index contributed by atoms with van der Waals surface area (Å²) in [5.74, 6) is 5.41. The van der Waals surface area contributed by atoms with Crippen LogP contribution in [0.25, 0.3) is 0 Å². The van der Waals surface area contributed by atoms with Gasteiger partial charge in [-0.25, -0.2) is 4.98 Å². The Balaban J connectivity index is 2.03. The zero-order valence-corrected chi connectivity index (χ0v) is 11.8. The fourth-order valence-corrected chi connectivity index (χ4v) is 1.65. The van der Waals surface area contributed by atoms with Crippen molar-refractivity contribution in [1.82, 2.24) is 4.98 Å². The summed E-state index contributed by atoms with van der Waals surface area (Å²) in [6.45, 7) is 2.03. The summed E-state index contributed by atoms with van der Waals surface area (Å²) in [5.41, 5.74) is 2.93.